The van der Waals surface area contributed by atoms with Gasteiger partial charge in [0.25, 0.3) is 0 Å². The summed E-state index contributed by atoms with van der Waals surface area (Å²) in [6.45, 7) is 0. The summed E-state index contributed by atoms with van der Waals surface area (Å²) in [5.74, 6) is 1.85. The minimum absolute atomic E-state index is 0.604. The average molecular weight is 806 g/mol. The monoisotopic (exact) mass is 805 g/mol. The van der Waals surface area contributed by atoms with Crippen LogP contribution in [0.5, 0.6) is 0 Å². The molecule has 0 aliphatic rings. The summed E-state index contributed by atoms with van der Waals surface area (Å²) < 4.78 is 11.9. The first-order valence-electron chi connectivity index (χ1n) is 21.2. The lowest BCUT2D eigenvalue weighted by molar-refractivity contribution is 0.673. The molecule has 294 valence electrons. The van der Waals surface area contributed by atoms with Gasteiger partial charge in [-0.25, -0.2) is 15.0 Å². The van der Waals surface area contributed by atoms with Crippen LogP contribution in [0.3, 0.4) is 0 Å². The fourth-order valence-corrected chi connectivity index (χ4v) is 9.64. The van der Waals surface area contributed by atoms with E-state index in [0.717, 1.165) is 99.4 Å². The van der Waals surface area contributed by atoms with Crippen molar-refractivity contribution in [3.8, 4) is 56.7 Å². The standard InChI is InChI=1S/C57H35N5O/c1-5-19-36(20-6-1)45-35-40(33-34-41(45)57-59-55(37-21-7-2-8-22-37)58-56(60-57)38-23-9-3-10-24-38)62-46-30-16-13-27-42(46)49-52-50(54-51(53(49)62)44-29-15-18-32-48(44)63-54)43-28-14-17-31-47(43)61(52)39-25-11-4-12-26-39/h1-35H. The average Bonchev–Trinajstić information content (AvgIpc) is 4.03. The molecule has 9 aromatic carbocycles. The molecular formula is C57H35N5O. The van der Waals surface area contributed by atoms with E-state index in [-0.39, 0.29) is 0 Å². The fraction of sp³-hybridized carbons (Fsp3) is 0. The second kappa shape index (κ2) is 14.0. The third-order valence-corrected chi connectivity index (χ3v) is 12.3. The summed E-state index contributed by atoms with van der Waals surface area (Å²) in [4.78, 5) is 15.4. The van der Waals surface area contributed by atoms with E-state index in [4.69, 9.17) is 19.4 Å². The van der Waals surface area contributed by atoms with Crippen LogP contribution in [0.2, 0.25) is 0 Å². The van der Waals surface area contributed by atoms with E-state index in [9.17, 15) is 0 Å². The maximum absolute atomic E-state index is 7.03. The molecule has 13 aromatic rings. The van der Waals surface area contributed by atoms with Gasteiger partial charge >= 0.3 is 0 Å². The second-order valence-electron chi connectivity index (χ2n) is 15.9. The molecule has 0 fully saturated rings. The predicted molar refractivity (Wildman–Crippen MR) is 258 cm³/mol. The number of hydrogen-bond donors (Lipinski definition) is 0. The summed E-state index contributed by atoms with van der Waals surface area (Å²) in [5.41, 5.74) is 13.1. The van der Waals surface area contributed by atoms with E-state index in [1.54, 1.807) is 0 Å². The van der Waals surface area contributed by atoms with Crippen LogP contribution in [0.4, 0.5) is 0 Å². The van der Waals surface area contributed by atoms with Gasteiger partial charge in [-0.3, -0.25) is 0 Å². The first-order valence-corrected chi connectivity index (χ1v) is 21.2. The van der Waals surface area contributed by atoms with Crippen molar-refractivity contribution in [1.29, 1.82) is 0 Å². The molecule has 6 nitrogen and oxygen atoms in total. The Morgan fingerprint density at radius 2 is 0.794 bits per heavy atom. The zero-order valence-electron chi connectivity index (χ0n) is 33.9. The molecule has 0 unspecified atom stereocenters. The van der Waals surface area contributed by atoms with Crippen molar-refractivity contribution < 1.29 is 4.42 Å². The van der Waals surface area contributed by atoms with Crippen LogP contribution in [0.25, 0.3) is 122 Å². The minimum atomic E-state index is 0.604. The number of nitrogens with zero attached hydrogens (tertiary/aromatic N) is 5. The quantitative estimate of drug-likeness (QED) is 0.168. The Kier molecular flexibility index (Phi) is 7.80. The zero-order valence-corrected chi connectivity index (χ0v) is 33.9. The van der Waals surface area contributed by atoms with E-state index in [2.05, 4.69) is 161 Å². The summed E-state index contributed by atoms with van der Waals surface area (Å²) in [7, 11) is 0. The summed E-state index contributed by atoms with van der Waals surface area (Å²) in [5, 5.41) is 6.75. The molecule has 63 heavy (non-hydrogen) atoms. The Bertz CT molecular complexity index is 3830. The normalized spacial score (nSPS) is 11.8. The van der Waals surface area contributed by atoms with Crippen molar-refractivity contribution in [2.75, 3.05) is 0 Å². The number of rotatable bonds is 6. The van der Waals surface area contributed by atoms with Crippen molar-refractivity contribution in [3.63, 3.8) is 0 Å². The first kappa shape index (κ1) is 35.2. The summed E-state index contributed by atoms with van der Waals surface area (Å²) >= 11 is 0. The molecular weight excluding hydrogens is 771 g/mol. The van der Waals surface area contributed by atoms with Crippen LogP contribution in [-0.2, 0) is 0 Å². The van der Waals surface area contributed by atoms with E-state index < -0.39 is 0 Å². The topological polar surface area (TPSA) is 61.7 Å². The van der Waals surface area contributed by atoms with Crippen molar-refractivity contribution in [1.82, 2.24) is 24.1 Å². The zero-order chi connectivity index (χ0) is 41.4. The molecule has 13 rings (SSSR count). The maximum Gasteiger partial charge on any atom is 0.164 e. The molecule has 4 heterocycles. The van der Waals surface area contributed by atoms with Crippen LogP contribution in [0, 0.1) is 0 Å². The van der Waals surface area contributed by atoms with Gasteiger partial charge < -0.3 is 13.6 Å². The second-order valence-corrected chi connectivity index (χ2v) is 15.9. The van der Waals surface area contributed by atoms with Crippen LogP contribution in [0.15, 0.2) is 217 Å². The maximum atomic E-state index is 7.03. The SMILES string of the molecule is c1ccc(-c2nc(-c3ccccc3)nc(-c3ccc(-n4c5ccccc5c5c6c(c7ccccc7n6-c6ccccc6)c6oc7ccccc7c6c54)cc3-c3ccccc3)n2)cc1. The van der Waals surface area contributed by atoms with Crippen LogP contribution in [0.1, 0.15) is 0 Å². The molecule has 0 N–H and O–H groups in total. The molecule has 0 radical (unpaired) electrons. The molecule has 6 heteroatoms. The van der Waals surface area contributed by atoms with E-state index in [0.29, 0.717) is 17.5 Å². The number of aromatic nitrogens is 5. The van der Waals surface area contributed by atoms with Crippen LogP contribution < -0.4 is 0 Å². The largest absolute Gasteiger partial charge is 0.455 e. The predicted octanol–water partition coefficient (Wildman–Crippen LogP) is 14.6. The molecule has 0 saturated heterocycles. The highest BCUT2D eigenvalue weighted by atomic mass is 16.3. The van der Waals surface area contributed by atoms with Gasteiger partial charge in [-0.05, 0) is 59.7 Å². The van der Waals surface area contributed by atoms with Gasteiger partial charge in [0.1, 0.15) is 11.2 Å². The fourth-order valence-electron chi connectivity index (χ4n) is 9.64. The molecule has 0 aliphatic heterocycles. The van der Waals surface area contributed by atoms with E-state index in [1.165, 1.54) is 5.39 Å². The summed E-state index contributed by atoms with van der Waals surface area (Å²) in [6, 6.07) is 74.2. The Labute approximate surface area is 361 Å². The van der Waals surface area contributed by atoms with Gasteiger partial charge in [-0.2, -0.15) is 0 Å². The molecule has 0 bridgehead atoms. The van der Waals surface area contributed by atoms with E-state index >= 15 is 0 Å². The van der Waals surface area contributed by atoms with E-state index in [1.807, 2.05) is 60.7 Å². The summed E-state index contributed by atoms with van der Waals surface area (Å²) in [6.07, 6.45) is 0. The molecule has 0 spiro atoms. The van der Waals surface area contributed by atoms with Gasteiger partial charge in [0.2, 0.25) is 0 Å². The van der Waals surface area contributed by atoms with Gasteiger partial charge in [-0.15, -0.1) is 0 Å². The van der Waals surface area contributed by atoms with Gasteiger partial charge in [-0.1, -0.05) is 164 Å². The number of furan rings is 1. The van der Waals surface area contributed by atoms with Gasteiger partial charge in [0, 0.05) is 49.6 Å². The lowest BCUT2D eigenvalue weighted by Gasteiger charge is -2.16. The Morgan fingerprint density at radius 1 is 0.333 bits per heavy atom. The Balaban J connectivity index is 1.17. The molecule has 4 aromatic heterocycles. The minimum Gasteiger partial charge on any atom is -0.455 e. The van der Waals surface area contributed by atoms with Crippen molar-refractivity contribution in [2.24, 2.45) is 0 Å². The smallest absolute Gasteiger partial charge is 0.164 e. The van der Waals surface area contributed by atoms with Gasteiger partial charge in [0.15, 0.2) is 17.5 Å². The van der Waals surface area contributed by atoms with Crippen LogP contribution >= 0.6 is 0 Å². The third-order valence-electron chi connectivity index (χ3n) is 12.3. The van der Waals surface area contributed by atoms with Crippen molar-refractivity contribution in [2.45, 2.75) is 0 Å². The Hall–Kier alpha value is -8.61. The molecule has 0 aliphatic carbocycles. The highest BCUT2D eigenvalue weighted by Crippen LogP contribution is 2.50. The number of benzene rings is 9. The molecule has 0 saturated carbocycles. The van der Waals surface area contributed by atoms with Gasteiger partial charge in [0.05, 0.1) is 32.8 Å². The highest BCUT2D eigenvalue weighted by molar-refractivity contribution is 6.39. The molecule has 0 atom stereocenters. The number of hydrogen-bond acceptors (Lipinski definition) is 4. The van der Waals surface area contributed by atoms with Crippen molar-refractivity contribution >= 4 is 65.6 Å². The lowest BCUT2D eigenvalue weighted by atomic mass is 9.98. The van der Waals surface area contributed by atoms with Crippen LogP contribution in [-0.4, -0.2) is 24.1 Å². The highest BCUT2D eigenvalue weighted by Gasteiger charge is 2.28. The number of fused-ring (bicyclic) bond motifs is 12. The Morgan fingerprint density at radius 3 is 1.41 bits per heavy atom. The molecule has 0 amide bonds. The van der Waals surface area contributed by atoms with Crippen molar-refractivity contribution in [3.05, 3.63) is 212 Å². The first-order chi connectivity index (χ1) is 31.3. The number of para-hydroxylation sites is 4. The third kappa shape index (κ3) is 5.41. The lowest BCUT2D eigenvalue weighted by Crippen LogP contribution is -2.02.